The number of morpholine rings is 1. The van der Waals surface area contributed by atoms with Crippen molar-refractivity contribution in [3.63, 3.8) is 0 Å². The molecule has 1 aliphatic heterocycles. The normalized spacial score (nSPS) is 28.7. The van der Waals surface area contributed by atoms with E-state index in [1.807, 2.05) is 18.2 Å². The maximum Gasteiger partial charge on any atom is 0.250 e. The fourth-order valence-corrected chi connectivity index (χ4v) is 3.63. The van der Waals surface area contributed by atoms with Gasteiger partial charge in [-0.2, -0.15) is 0 Å². The molecule has 126 valence electrons. The highest BCUT2D eigenvalue weighted by Crippen LogP contribution is 2.24. The summed E-state index contributed by atoms with van der Waals surface area (Å²) >= 11 is 0. The van der Waals surface area contributed by atoms with Crippen LogP contribution in [0.15, 0.2) is 30.3 Å². The number of rotatable bonds is 5. The van der Waals surface area contributed by atoms with E-state index in [4.69, 9.17) is 10.5 Å². The first-order chi connectivity index (χ1) is 11.3. The van der Waals surface area contributed by atoms with Gasteiger partial charge >= 0.3 is 0 Å². The molecule has 1 heterocycles. The third kappa shape index (κ3) is 4.31. The molecule has 0 bridgehead atoms. The molecule has 0 spiro atoms. The molecule has 1 aliphatic carbocycles. The molecule has 1 saturated heterocycles. The Morgan fingerprint density at radius 2 is 2.13 bits per heavy atom. The minimum absolute atomic E-state index is 0.0214. The summed E-state index contributed by atoms with van der Waals surface area (Å²) in [5.41, 5.74) is 7.07. The van der Waals surface area contributed by atoms with Crippen LogP contribution in [0.3, 0.4) is 0 Å². The van der Waals surface area contributed by atoms with Gasteiger partial charge in [0, 0.05) is 25.7 Å². The van der Waals surface area contributed by atoms with Crippen LogP contribution in [0.25, 0.3) is 0 Å². The van der Waals surface area contributed by atoms with Gasteiger partial charge in [0.25, 0.3) is 5.91 Å². The molecule has 3 unspecified atom stereocenters. The van der Waals surface area contributed by atoms with E-state index in [2.05, 4.69) is 22.3 Å². The highest BCUT2D eigenvalue weighted by Gasteiger charge is 2.32. The summed E-state index contributed by atoms with van der Waals surface area (Å²) < 4.78 is 5.70. The average Bonchev–Trinajstić information content (AvgIpc) is 3.03. The van der Waals surface area contributed by atoms with Crippen molar-refractivity contribution in [1.82, 2.24) is 10.2 Å². The second kappa shape index (κ2) is 7.90. The van der Waals surface area contributed by atoms with E-state index >= 15 is 0 Å². The molecule has 5 nitrogen and oxygen atoms in total. The van der Waals surface area contributed by atoms with Crippen molar-refractivity contribution >= 4 is 5.91 Å². The molecule has 3 rings (SSSR count). The number of carbonyl (C=O) groups is 1. The van der Waals surface area contributed by atoms with Crippen LogP contribution in [0.1, 0.15) is 24.8 Å². The minimum Gasteiger partial charge on any atom is -0.366 e. The van der Waals surface area contributed by atoms with Gasteiger partial charge in [0.2, 0.25) is 0 Å². The smallest absolute Gasteiger partial charge is 0.250 e. The van der Waals surface area contributed by atoms with Gasteiger partial charge in [-0.15, -0.1) is 0 Å². The number of nitrogens with zero attached hydrogens (tertiary/aromatic N) is 1. The first-order valence-electron chi connectivity index (χ1n) is 8.64. The molecule has 1 aromatic carbocycles. The predicted molar refractivity (Wildman–Crippen MR) is 89.8 cm³/mol. The zero-order valence-electron chi connectivity index (χ0n) is 13.6. The van der Waals surface area contributed by atoms with Crippen molar-refractivity contribution in [2.45, 2.75) is 38.0 Å². The summed E-state index contributed by atoms with van der Waals surface area (Å²) in [7, 11) is 0. The van der Waals surface area contributed by atoms with E-state index in [0.29, 0.717) is 25.6 Å². The maximum atomic E-state index is 12.5. The second-order valence-corrected chi connectivity index (χ2v) is 6.62. The Kier molecular flexibility index (Phi) is 5.65. The molecule has 1 amide bonds. The summed E-state index contributed by atoms with van der Waals surface area (Å²) in [5, 5.41) is 3.16. The van der Waals surface area contributed by atoms with Crippen molar-refractivity contribution in [3.05, 3.63) is 35.9 Å². The number of benzene rings is 1. The van der Waals surface area contributed by atoms with Crippen LogP contribution in [-0.4, -0.2) is 49.2 Å². The van der Waals surface area contributed by atoms with Crippen LogP contribution in [0, 0.1) is 5.92 Å². The van der Waals surface area contributed by atoms with Gasteiger partial charge < -0.3 is 15.8 Å². The summed E-state index contributed by atoms with van der Waals surface area (Å²) in [4.78, 5) is 14.8. The topological polar surface area (TPSA) is 67.6 Å². The van der Waals surface area contributed by atoms with Gasteiger partial charge in [-0.05, 0) is 30.9 Å². The van der Waals surface area contributed by atoms with E-state index in [-0.39, 0.29) is 18.1 Å². The lowest BCUT2D eigenvalue weighted by molar-refractivity contribution is -0.139. The van der Waals surface area contributed by atoms with E-state index in [9.17, 15) is 4.79 Å². The number of nitrogens with two attached hydrogens (primary N) is 1. The van der Waals surface area contributed by atoms with Crippen LogP contribution in [-0.2, 0) is 16.1 Å². The lowest BCUT2D eigenvalue weighted by Gasteiger charge is -2.33. The Bertz CT molecular complexity index is 508. The minimum atomic E-state index is -0.369. The molecule has 23 heavy (non-hydrogen) atoms. The van der Waals surface area contributed by atoms with E-state index in [0.717, 1.165) is 32.4 Å². The first-order valence-corrected chi connectivity index (χ1v) is 8.64. The Balaban J connectivity index is 1.52. The van der Waals surface area contributed by atoms with Gasteiger partial charge in [-0.1, -0.05) is 36.8 Å². The summed E-state index contributed by atoms with van der Waals surface area (Å²) in [6, 6.07) is 10.6. The van der Waals surface area contributed by atoms with Gasteiger partial charge in [0.05, 0.1) is 6.61 Å². The third-order valence-corrected chi connectivity index (χ3v) is 4.98. The third-order valence-electron chi connectivity index (χ3n) is 4.98. The lowest BCUT2D eigenvalue weighted by atomic mass is 10.0. The molecule has 3 N–H and O–H groups in total. The number of ether oxygens (including phenoxy) is 1. The fraction of sp³-hybridized carbons (Fsp3) is 0.611. The molecule has 1 saturated carbocycles. The molecule has 2 fully saturated rings. The summed E-state index contributed by atoms with van der Waals surface area (Å²) in [6.45, 7) is 3.64. The molecular formula is C18H27N3O2. The van der Waals surface area contributed by atoms with Crippen molar-refractivity contribution in [2.75, 3.05) is 26.2 Å². The highest BCUT2D eigenvalue weighted by atomic mass is 16.5. The zero-order valence-corrected chi connectivity index (χ0v) is 13.6. The van der Waals surface area contributed by atoms with Crippen LogP contribution in [0.2, 0.25) is 0 Å². The Morgan fingerprint density at radius 3 is 2.91 bits per heavy atom. The molecule has 0 aromatic heterocycles. The molecule has 5 heteroatoms. The quantitative estimate of drug-likeness (QED) is 0.854. The Labute approximate surface area is 138 Å². The van der Waals surface area contributed by atoms with Gasteiger partial charge in [0.1, 0.15) is 6.10 Å². The number of amides is 1. The van der Waals surface area contributed by atoms with Crippen LogP contribution < -0.4 is 11.1 Å². The number of hydrogen-bond acceptors (Lipinski definition) is 4. The van der Waals surface area contributed by atoms with Crippen molar-refractivity contribution in [3.8, 4) is 0 Å². The van der Waals surface area contributed by atoms with Crippen molar-refractivity contribution < 1.29 is 9.53 Å². The van der Waals surface area contributed by atoms with Gasteiger partial charge in [-0.25, -0.2) is 0 Å². The fourth-order valence-electron chi connectivity index (χ4n) is 3.63. The van der Waals surface area contributed by atoms with Crippen molar-refractivity contribution in [1.29, 1.82) is 0 Å². The predicted octanol–water partition coefficient (Wildman–Crippen LogP) is 1.13. The summed E-state index contributed by atoms with van der Waals surface area (Å²) in [5.74, 6) is 0.441. The van der Waals surface area contributed by atoms with Crippen molar-refractivity contribution in [2.24, 2.45) is 11.7 Å². The number of nitrogens with one attached hydrogen (secondary N) is 1. The molecular weight excluding hydrogens is 290 g/mol. The lowest BCUT2D eigenvalue weighted by Crippen LogP contribution is -2.52. The molecule has 3 atom stereocenters. The number of carbonyl (C=O) groups excluding carboxylic acids is 1. The Hall–Kier alpha value is -1.43. The van der Waals surface area contributed by atoms with Crippen LogP contribution >= 0.6 is 0 Å². The summed E-state index contributed by atoms with van der Waals surface area (Å²) in [6.07, 6.45) is 2.94. The average molecular weight is 317 g/mol. The van der Waals surface area contributed by atoms with Crippen LogP contribution in [0.5, 0.6) is 0 Å². The standard InChI is InChI=1S/C18H27N3O2/c19-11-15-7-4-8-16(15)20-18(22)17-13-21(9-10-23-17)12-14-5-2-1-3-6-14/h1-3,5-6,15-17H,4,7-13,19H2,(H,20,22). The Morgan fingerprint density at radius 1 is 1.30 bits per heavy atom. The van der Waals surface area contributed by atoms with E-state index < -0.39 is 0 Å². The monoisotopic (exact) mass is 317 g/mol. The zero-order chi connectivity index (χ0) is 16.1. The largest absolute Gasteiger partial charge is 0.366 e. The van der Waals surface area contributed by atoms with Crippen LogP contribution in [0.4, 0.5) is 0 Å². The SMILES string of the molecule is NCC1CCCC1NC(=O)C1CN(Cc2ccccc2)CCO1. The first kappa shape index (κ1) is 16.4. The second-order valence-electron chi connectivity index (χ2n) is 6.62. The van der Waals surface area contributed by atoms with Gasteiger partial charge in [-0.3, -0.25) is 9.69 Å². The highest BCUT2D eigenvalue weighted by molar-refractivity contribution is 5.81. The molecule has 0 radical (unpaired) electrons. The molecule has 2 aliphatic rings. The van der Waals surface area contributed by atoms with E-state index in [1.54, 1.807) is 0 Å². The number of hydrogen-bond donors (Lipinski definition) is 2. The molecule has 1 aromatic rings. The van der Waals surface area contributed by atoms with Gasteiger partial charge in [0.15, 0.2) is 0 Å². The maximum absolute atomic E-state index is 12.5. The van der Waals surface area contributed by atoms with E-state index in [1.165, 1.54) is 5.56 Å².